The molecule has 0 spiro atoms. The zero-order chi connectivity index (χ0) is 32.5. The molecule has 0 bridgehead atoms. The maximum atomic E-state index is 13.6. The van der Waals surface area contributed by atoms with Crippen LogP contribution in [0.2, 0.25) is 5.02 Å². The van der Waals surface area contributed by atoms with Crippen molar-refractivity contribution in [3.63, 3.8) is 0 Å². The molecule has 11 nitrogen and oxygen atoms in total. The number of para-hydroxylation sites is 1. The summed E-state index contributed by atoms with van der Waals surface area (Å²) in [6.07, 6.45) is 0. The Morgan fingerprint density at radius 2 is 1.54 bits per heavy atom. The molecule has 46 heavy (non-hydrogen) atoms. The summed E-state index contributed by atoms with van der Waals surface area (Å²) in [5, 5.41) is 25.7. The largest absolute Gasteiger partial charge is 1.00 e. The molecule has 0 aliphatic carbocycles. The summed E-state index contributed by atoms with van der Waals surface area (Å²) in [5.74, 6) is -1.32. The zero-order valence-electron chi connectivity index (χ0n) is 24.6. The minimum absolute atomic E-state index is 0. The topological polar surface area (TPSA) is 177 Å². The Labute approximate surface area is 292 Å². The smallest absolute Gasteiger partial charge is 0.870 e. The Balaban J connectivity index is 0.00000480. The maximum Gasteiger partial charge on any atom is 1.00 e. The average Bonchev–Trinajstić information content (AvgIpc) is 2.98. The molecule has 0 aromatic heterocycles. The number of hydrogen-bond donors (Lipinski definition) is 3. The van der Waals surface area contributed by atoms with E-state index in [1.54, 1.807) is 43.3 Å². The van der Waals surface area contributed by atoms with E-state index in [-0.39, 0.29) is 62.1 Å². The molecule has 15 heteroatoms. The number of amides is 1. The fourth-order valence-corrected chi connectivity index (χ4v) is 6.32. The van der Waals surface area contributed by atoms with Gasteiger partial charge in [0.1, 0.15) is 0 Å². The average molecular weight is 687 g/mol. The van der Waals surface area contributed by atoms with Crippen molar-refractivity contribution >= 4 is 71.2 Å². The van der Waals surface area contributed by atoms with Gasteiger partial charge in [0.2, 0.25) is 0 Å². The molecule has 0 radical (unpaired) electrons. The number of sulfonamides is 1. The summed E-state index contributed by atoms with van der Waals surface area (Å²) >= 11 is 6.36. The van der Waals surface area contributed by atoms with Crippen LogP contribution in [0.3, 0.4) is 0 Å². The summed E-state index contributed by atoms with van der Waals surface area (Å²) in [7, 11) is -8.92. The van der Waals surface area contributed by atoms with Crippen LogP contribution in [0.25, 0.3) is 10.8 Å². The van der Waals surface area contributed by atoms with Crippen LogP contribution in [0, 0.1) is 13.8 Å². The molecule has 1 amide bonds. The Hall–Kier alpha value is -3.82. The van der Waals surface area contributed by atoms with Crippen LogP contribution in [0.15, 0.2) is 111 Å². The van der Waals surface area contributed by atoms with Gasteiger partial charge in [-0.15, -0.1) is 0 Å². The van der Waals surface area contributed by atoms with Crippen molar-refractivity contribution in [2.75, 3.05) is 10.0 Å². The molecule has 3 N–H and O–H groups in total. The quantitative estimate of drug-likeness (QED) is 0.126. The van der Waals surface area contributed by atoms with Crippen LogP contribution in [0.4, 0.5) is 22.7 Å². The number of nitrogens with one attached hydrogen (secondary N) is 2. The number of azo groups is 1. The molecule has 0 aliphatic rings. The third-order valence-corrected chi connectivity index (χ3v) is 9.46. The second-order valence-corrected chi connectivity index (χ2v) is 13.5. The van der Waals surface area contributed by atoms with Gasteiger partial charge in [0, 0.05) is 21.7 Å². The molecule has 5 rings (SSSR count). The minimum atomic E-state index is -4.58. The number of benzene rings is 5. The number of rotatable bonds is 8. The third kappa shape index (κ3) is 7.58. The van der Waals surface area contributed by atoms with Crippen LogP contribution in [0.1, 0.15) is 21.5 Å². The van der Waals surface area contributed by atoms with Crippen molar-refractivity contribution in [1.82, 2.24) is 0 Å². The normalized spacial score (nSPS) is 11.7. The van der Waals surface area contributed by atoms with Crippen molar-refractivity contribution in [2.24, 2.45) is 10.2 Å². The molecular formula is C31H24ClN4NaO7S2. The summed E-state index contributed by atoms with van der Waals surface area (Å²) in [4.78, 5) is 12.4. The van der Waals surface area contributed by atoms with Gasteiger partial charge in [-0.05, 0) is 72.8 Å². The van der Waals surface area contributed by atoms with Crippen molar-refractivity contribution in [3.05, 3.63) is 113 Å². The summed E-state index contributed by atoms with van der Waals surface area (Å²) < 4.78 is 61.0. The van der Waals surface area contributed by atoms with E-state index < -0.39 is 36.7 Å². The molecule has 5 aromatic carbocycles. The van der Waals surface area contributed by atoms with Gasteiger partial charge in [0.05, 0.1) is 26.9 Å². The fraction of sp³-hybridized carbons (Fsp3) is 0.0645. The van der Waals surface area contributed by atoms with Gasteiger partial charge in [-0.3, -0.25) is 14.1 Å². The van der Waals surface area contributed by atoms with Crippen LogP contribution in [-0.4, -0.2) is 27.3 Å². The first-order valence-electron chi connectivity index (χ1n) is 13.2. The predicted molar refractivity (Wildman–Crippen MR) is 170 cm³/mol. The number of hydrogen-bond acceptors (Lipinski definition) is 8. The van der Waals surface area contributed by atoms with Crippen molar-refractivity contribution in [3.8, 4) is 5.75 Å². The van der Waals surface area contributed by atoms with Crippen LogP contribution >= 0.6 is 11.6 Å². The molecule has 0 heterocycles. The van der Waals surface area contributed by atoms with E-state index in [0.29, 0.717) is 22.0 Å². The van der Waals surface area contributed by atoms with Gasteiger partial charge in [-0.1, -0.05) is 65.9 Å². The fourth-order valence-electron chi connectivity index (χ4n) is 4.42. The molecule has 0 saturated carbocycles. The second kappa shape index (κ2) is 13.9. The van der Waals surface area contributed by atoms with E-state index in [1.165, 1.54) is 30.3 Å². The molecule has 0 aliphatic heterocycles. The minimum Gasteiger partial charge on any atom is -0.870 e. The Morgan fingerprint density at radius 3 is 2.26 bits per heavy atom. The molecule has 0 atom stereocenters. The van der Waals surface area contributed by atoms with E-state index in [4.69, 9.17) is 11.6 Å². The Morgan fingerprint density at radius 1 is 0.848 bits per heavy atom. The molecule has 0 unspecified atom stereocenters. The zero-order valence-corrected chi connectivity index (χ0v) is 29.0. The van der Waals surface area contributed by atoms with Crippen LogP contribution in [0.5, 0.6) is 5.75 Å². The number of nitrogens with zero attached hydrogens (tertiary/aromatic N) is 2. The van der Waals surface area contributed by atoms with E-state index in [9.17, 15) is 31.3 Å². The molecular weight excluding hydrogens is 663 g/mol. The molecule has 0 saturated heterocycles. The third-order valence-electron chi connectivity index (χ3n) is 6.86. The first-order chi connectivity index (χ1) is 21.2. The van der Waals surface area contributed by atoms with Crippen molar-refractivity contribution in [1.29, 1.82) is 0 Å². The van der Waals surface area contributed by atoms with Crippen molar-refractivity contribution in [2.45, 2.75) is 23.6 Å². The summed E-state index contributed by atoms with van der Waals surface area (Å²) in [6, 6.07) is 22.4. The van der Waals surface area contributed by atoms with Crippen LogP contribution in [-0.2, 0) is 20.1 Å². The molecule has 5 aromatic rings. The first kappa shape index (κ1) is 35.0. The van der Waals surface area contributed by atoms with Gasteiger partial charge < -0.3 is 10.4 Å². The Kier molecular flexibility index (Phi) is 10.6. The summed E-state index contributed by atoms with van der Waals surface area (Å²) in [6.45, 7) is 3.40. The number of carbonyl (C=O) groups excluding carboxylic acids is 1. The summed E-state index contributed by atoms with van der Waals surface area (Å²) in [5.41, 5.74) is 1.31. The van der Waals surface area contributed by atoms with Gasteiger partial charge >= 0.3 is 29.6 Å². The van der Waals surface area contributed by atoms with Gasteiger partial charge in [0.15, 0.2) is 0 Å². The van der Waals surface area contributed by atoms with E-state index >= 15 is 0 Å². The van der Waals surface area contributed by atoms with E-state index in [1.807, 2.05) is 19.1 Å². The second-order valence-electron chi connectivity index (χ2n) is 9.95. The number of fused-ring (bicyclic) bond motifs is 1. The number of anilines is 2. The maximum absolute atomic E-state index is 13.6. The first-order valence-corrected chi connectivity index (χ1v) is 16.5. The number of aryl methyl sites for hydroxylation is 1. The van der Waals surface area contributed by atoms with Gasteiger partial charge in [0.25, 0.3) is 26.0 Å². The SMILES string of the molecule is Cc1ccccc1NC(=O)c1cc2ccccc2c(N=Nc2cc(S(=O)(=O)Nc3cccc(S(=O)(=O)O)c3)cc(Cl)c2C)c1[O-].[Na+]. The molecule has 0 fully saturated rings. The van der Waals surface area contributed by atoms with Crippen molar-refractivity contribution < 1.29 is 60.8 Å². The van der Waals surface area contributed by atoms with Crippen LogP contribution < -0.4 is 44.7 Å². The van der Waals surface area contributed by atoms with Gasteiger partial charge in [-0.2, -0.15) is 18.6 Å². The number of carbonyl (C=O) groups is 1. The van der Waals surface area contributed by atoms with Gasteiger partial charge in [-0.25, -0.2) is 8.42 Å². The molecule has 230 valence electrons. The Bertz CT molecular complexity index is 2250. The van der Waals surface area contributed by atoms with E-state index in [2.05, 4.69) is 20.3 Å². The monoisotopic (exact) mass is 686 g/mol. The predicted octanol–water partition coefficient (Wildman–Crippen LogP) is 3.90. The van der Waals surface area contributed by atoms with E-state index in [0.717, 1.165) is 17.7 Å². The standard InChI is InChI=1S/C31H25ClN4O7S2.Na/c1-18-8-3-6-13-27(18)33-31(38)25-14-20-9-4-5-12-24(20)29(30(25)37)35-34-28-17-23(16-26(32)19(28)2)44(39,40)36-21-10-7-11-22(15-21)45(41,42)43;/h3-17,36-37H,1-2H3,(H,33,38)(H,41,42,43);/q;+1/p-1. The number of halogens is 1.